The van der Waals surface area contributed by atoms with Gasteiger partial charge in [-0.15, -0.1) is 0 Å². The summed E-state index contributed by atoms with van der Waals surface area (Å²) in [6.07, 6.45) is 7.46. The zero-order chi connectivity index (χ0) is 14.8. The number of likely N-dealkylation sites (tertiary alicyclic amines) is 1. The number of hydrogen-bond acceptors (Lipinski definition) is 2. The van der Waals surface area contributed by atoms with Gasteiger partial charge in [-0.3, -0.25) is 4.90 Å². The van der Waals surface area contributed by atoms with Crippen LogP contribution < -0.4 is 0 Å². The van der Waals surface area contributed by atoms with Gasteiger partial charge in [0.15, 0.2) is 17.5 Å². The summed E-state index contributed by atoms with van der Waals surface area (Å²) >= 11 is 0. The molecule has 3 rings (SSSR count). The second-order valence-corrected chi connectivity index (χ2v) is 5.40. The highest BCUT2D eigenvalue weighted by molar-refractivity contribution is 5.19. The van der Waals surface area contributed by atoms with Crippen LogP contribution in [-0.4, -0.2) is 27.0 Å². The molecule has 1 aliphatic rings. The van der Waals surface area contributed by atoms with E-state index in [4.69, 9.17) is 0 Å². The minimum absolute atomic E-state index is 0.301. The van der Waals surface area contributed by atoms with Crippen molar-refractivity contribution in [1.29, 1.82) is 0 Å². The van der Waals surface area contributed by atoms with Crippen LogP contribution in [0.4, 0.5) is 13.2 Å². The Labute approximate surface area is 121 Å². The minimum Gasteiger partial charge on any atom is -0.336 e. The normalized spacial score (nSPS) is 19.3. The Balaban J connectivity index is 1.71. The predicted molar refractivity (Wildman–Crippen MR) is 72.0 cm³/mol. The minimum atomic E-state index is -1.41. The van der Waals surface area contributed by atoms with E-state index in [1.165, 1.54) is 0 Å². The van der Waals surface area contributed by atoms with Gasteiger partial charge in [-0.2, -0.15) is 0 Å². The Morgan fingerprint density at radius 2 is 1.95 bits per heavy atom. The van der Waals surface area contributed by atoms with Crippen LogP contribution in [-0.2, 0) is 13.1 Å². The van der Waals surface area contributed by atoms with Gasteiger partial charge in [0.05, 0.1) is 6.33 Å². The average Bonchev–Trinajstić information content (AvgIpc) is 3.09. The third-order valence-corrected chi connectivity index (χ3v) is 3.91. The lowest BCUT2D eigenvalue weighted by Crippen LogP contribution is -2.32. The number of rotatable bonds is 4. The van der Waals surface area contributed by atoms with Crippen LogP contribution in [0.2, 0.25) is 0 Å². The third kappa shape index (κ3) is 3.10. The molecule has 1 saturated heterocycles. The quantitative estimate of drug-likeness (QED) is 0.809. The molecule has 2 heterocycles. The number of nitrogens with zero attached hydrogens (tertiary/aromatic N) is 3. The second-order valence-electron chi connectivity index (χ2n) is 5.40. The van der Waals surface area contributed by atoms with Crippen molar-refractivity contribution in [2.45, 2.75) is 32.0 Å². The Kier molecular flexibility index (Phi) is 3.96. The monoisotopic (exact) mass is 295 g/mol. The van der Waals surface area contributed by atoms with E-state index in [1.807, 2.05) is 10.8 Å². The van der Waals surface area contributed by atoms with Crippen molar-refractivity contribution in [3.05, 3.63) is 53.9 Å². The second kappa shape index (κ2) is 5.89. The molecule has 1 atom stereocenters. The lowest BCUT2D eigenvalue weighted by atomic mass is 10.1. The predicted octanol–water partition coefficient (Wildman–Crippen LogP) is 2.97. The SMILES string of the molecule is Fc1cc(CN2CCC[C@H]2Cn2ccnc2)cc(F)c1F. The lowest BCUT2D eigenvalue weighted by Gasteiger charge is -2.24. The van der Waals surface area contributed by atoms with Crippen LogP contribution in [0.25, 0.3) is 0 Å². The average molecular weight is 295 g/mol. The highest BCUT2D eigenvalue weighted by Gasteiger charge is 2.25. The topological polar surface area (TPSA) is 21.1 Å². The summed E-state index contributed by atoms with van der Waals surface area (Å²) in [5, 5.41) is 0. The van der Waals surface area contributed by atoms with Gasteiger partial charge in [0.25, 0.3) is 0 Å². The molecule has 0 aliphatic carbocycles. The smallest absolute Gasteiger partial charge is 0.194 e. The van der Waals surface area contributed by atoms with E-state index < -0.39 is 17.5 Å². The largest absolute Gasteiger partial charge is 0.336 e. The van der Waals surface area contributed by atoms with Crippen molar-refractivity contribution in [2.24, 2.45) is 0 Å². The number of benzene rings is 1. The summed E-state index contributed by atoms with van der Waals surface area (Å²) in [4.78, 5) is 6.18. The molecule has 2 aromatic rings. The van der Waals surface area contributed by atoms with Gasteiger partial charge < -0.3 is 4.57 Å². The standard InChI is InChI=1S/C15H16F3N3/c16-13-6-11(7-14(17)15(13)18)8-21-4-1-2-12(21)9-20-5-3-19-10-20/h3,5-7,10,12H,1-2,4,8-9H2/t12-/m0/s1. The molecule has 0 amide bonds. The number of hydrogen-bond donors (Lipinski definition) is 0. The van der Waals surface area contributed by atoms with E-state index in [-0.39, 0.29) is 0 Å². The van der Waals surface area contributed by atoms with Crippen molar-refractivity contribution in [2.75, 3.05) is 6.54 Å². The molecule has 6 heteroatoms. The summed E-state index contributed by atoms with van der Waals surface area (Å²) in [6.45, 7) is 2.10. The van der Waals surface area contributed by atoms with Crippen molar-refractivity contribution in [3.8, 4) is 0 Å². The molecule has 0 unspecified atom stereocenters. The molecule has 1 aromatic heterocycles. The maximum atomic E-state index is 13.3. The lowest BCUT2D eigenvalue weighted by molar-refractivity contribution is 0.223. The molecule has 0 N–H and O–H groups in total. The zero-order valence-corrected chi connectivity index (χ0v) is 11.5. The molecule has 0 bridgehead atoms. The first kappa shape index (κ1) is 14.1. The molecule has 1 fully saturated rings. The Morgan fingerprint density at radius 1 is 1.19 bits per heavy atom. The van der Waals surface area contributed by atoms with Crippen LogP contribution in [0.5, 0.6) is 0 Å². The fourth-order valence-corrected chi connectivity index (χ4v) is 2.88. The molecule has 3 nitrogen and oxygen atoms in total. The van der Waals surface area contributed by atoms with Crippen molar-refractivity contribution in [1.82, 2.24) is 14.5 Å². The molecule has 21 heavy (non-hydrogen) atoms. The summed E-state index contributed by atoms with van der Waals surface area (Å²) in [7, 11) is 0. The van der Waals surface area contributed by atoms with Gasteiger partial charge in [-0.25, -0.2) is 18.2 Å². The molecular weight excluding hydrogens is 279 g/mol. The first-order chi connectivity index (χ1) is 10.1. The maximum absolute atomic E-state index is 13.3. The van der Waals surface area contributed by atoms with Crippen molar-refractivity contribution < 1.29 is 13.2 Å². The maximum Gasteiger partial charge on any atom is 0.194 e. The zero-order valence-electron chi connectivity index (χ0n) is 11.5. The van der Waals surface area contributed by atoms with Gasteiger partial charge in [0, 0.05) is 31.5 Å². The molecule has 0 radical (unpaired) electrons. The molecule has 1 aromatic carbocycles. The van der Waals surface area contributed by atoms with Gasteiger partial charge in [0.2, 0.25) is 0 Å². The van der Waals surface area contributed by atoms with E-state index in [0.717, 1.165) is 38.1 Å². The fraction of sp³-hybridized carbons (Fsp3) is 0.400. The van der Waals surface area contributed by atoms with Crippen molar-refractivity contribution in [3.63, 3.8) is 0 Å². The molecular formula is C15H16F3N3. The Bertz CT molecular complexity index is 590. The molecule has 0 spiro atoms. The van der Waals surface area contributed by atoms with Gasteiger partial charge in [-0.05, 0) is 37.1 Å². The summed E-state index contributed by atoms with van der Waals surface area (Å²) < 4.78 is 41.5. The van der Waals surface area contributed by atoms with E-state index in [9.17, 15) is 13.2 Å². The van der Waals surface area contributed by atoms with Gasteiger partial charge in [-0.1, -0.05) is 0 Å². The van der Waals surface area contributed by atoms with Gasteiger partial charge >= 0.3 is 0 Å². The fourth-order valence-electron chi connectivity index (χ4n) is 2.88. The van der Waals surface area contributed by atoms with E-state index >= 15 is 0 Å². The molecule has 112 valence electrons. The first-order valence-corrected chi connectivity index (χ1v) is 6.96. The number of aromatic nitrogens is 2. The van der Waals surface area contributed by atoms with Crippen LogP contribution in [0, 0.1) is 17.5 Å². The van der Waals surface area contributed by atoms with Gasteiger partial charge in [0.1, 0.15) is 0 Å². The van der Waals surface area contributed by atoms with E-state index in [2.05, 4.69) is 9.88 Å². The summed E-state index contributed by atoms with van der Waals surface area (Å²) in [5.74, 6) is -3.67. The first-order valence-electron chi connectivity index (χ1n) is 6.96. The van der Waals surface area contributed by atoms with E-state index in [0.29, 0.717) is 18.2 Å². The summed E-state index contributed by atoms with van der Waals surface area (Å²) in [5.41, 5.74) is 0.462. The van der Waals surface area contributed by atoms with Crippen molar-refractivity contribution >= 4 is 0 Å². The highest BCUT2D eigenvalue weighted by atomic mass is 19.2. The van der Waals surface area contributed by atoms with Crippen LogP contribution in [0.3, 0.4) is 0 Å². The number of imidazole rings is 1. The Morgan fingerprint density at radius 3 is 2.62 bits per heavy atom. The Hall–Kier alpha value is -1.82. The summed E-state index contributed by atoms with van der Waals surface area (Å²) in [6, 6.07) is 2.45. The molecule has 0 saturated carbocycles. The van der Waals surface area contributed by atoms with Crippen LogP contribution in [0.1, 0.15) is 18.4 Å². The third-order valence-electron chi connectivity index (χ3n) is 3.91. The highest BCUT2D eigenvalue weighted by Crippen LogP contribution is 2.23. The number of halogens is 3. The van der Waals surface area contributed by atoms with E-state index in [1.54, 1.807) is 12.5 Å². The molecule has 1 aliphatic heterocycles. The van der Waals surface area contributed by atoms with Crippen LogP contribution >= 0.6 is 0 Å². The van der Waals surface area contributed by atoms with Crippen LogP contribution in [0.15, 0.2) is 30.9 Å².